The zero-order chi connectivity index (χ0) is 14.4. The van der Waals surface area contributed by atoms with E-state index in [9.17, 15) is 9.59 Å². The number of aromatic nitrogens is 2. The van der Waals surface area contributed by atoms with Crippen molar-refractivity contribution in [3.05, 3.63) is 5.82 Å². The highest BCUT2D eigenvalue weighted by Gasteiger charge is 2.20. The molecule has 1 aromatic rings. The summed E-state index contributed by atoms with van der Waals surface area (Å²) in [5.74, 6) is 0.996. The number of carbonyl (C=O) groups excluding carboxylic acids is 2. The van der Waals surface area contributed by atoms with Crippen molar-refractivity contribution in [1.82, 2.24) is 14.7 Å². The molecule has 0 aliphatic carbocycles. The summed E-state index contributed by atoms with van der Waals surface area (Å²) in [6, 6.07) is -0.409. The Labute approximate surface area is 121 Å². The molecule has 1 unspecified atom stereocenters. The minimum absolute atomic E-state index is 0.0162. The first-order chi connectivity index (χ1) is 8.93. The summed E-state index contributed by atoms with van der Waals surface area (Å²) >= 11 is 2.65. The molecule has 1 atom stereocenters. The Kier molecular flexibility index (Phi) is 6.44. The minimum Gasteiger partial charge on any atom is -0.345 e. The van der Waals surface area contributed by atoms with Crippen LogP contribution in [-0.2, 0) is 16.0 Å². The summed E-state index contributed by atoms with van der Waals surface area (Å²) in [7, 11) is 0. The van der Waals surface area contributed by atoms with E-state index in [1.807, 2.05) is 20.8 Å². The van der Waals surface area contributed by atoms with E-state index in [2.05, 4.69) is 14.7 Å². The molecule has 0 saturated carbocycles. The summed E-state index contributed by atoms with van der Waals surface area (Å²) < 4.78 is 4.94. The fraction of sp³-hybridized carbons (Fsp3) is 0.667. The smallest absolute Gasteiger partial charge is 0.231 e. The van der Waals surface area contributed by atoms with Crippen molar-refractivity contribution in [2.24, 2.45) is 5.92 Å². The zero-order valence-electron chi connectivity index (χ0n) is 11.6. The van der Waals surface area contributed by atoms with E-state index < -0.39 is 6.04 Å². The maximum absolute atomic E-state index is 11.8. The minimum atomic E-state index is -0.409. The highest BCUT2D eigenvalue weighted by Crippen LogP contribution is 2.20. The quantitative estimate of drug-likeness (QED) is 0.779. The van der Waals surface area contributed by atoms with Gasteiger partial charge >= 0.3 is 0 Å². The van der Waals surface area contributed by atoms with Crippen LogP contribution in [0.1, 0.15) is 33.5 Å². The summed E-state index contributed by atoms with van der Waals surface area (Å²) in [6.07, 6.45) is 0.795. The van der Waals surface area contributed by atoms with E-state index >= 15 is 0 Å². The van der Waals surface area contributed by atoms with E-state index in [-0.39, 0.29) is 23.4 Å². The maximum Gasteiger partial charge on any atom is 0.231 e. The van der Waals surface area contributed by atoms with Crippen LogP contribution >= 0.6 is 23.3 Å². The largest absolute Gasteiger partial charge is 0.345 e. The van der Waals surface area contributed by atoms with Crippen molar-refractivity contribution < 1.29 is 9.59 Å². The molecule has 0 aromatic carbocycles. The molecule has 0 fully saturated rings. The van der Waals surface area contributed by atoms with Crippen molar-refractivity contribution in [2.45, 2.75) is 44.5 Å². The Balaban J connectivity index is 2.44. The Morgan fingerprint density at radius 3 is 2.58 bits per heavy atom. The Morgan fingerprint density at radius 2 is 2.11 bits per heavy atom. The molecule has 1 rings (SSSR count). The fourth-order valence-corrected chi connectivity index (χ4v) is 3.03. The van der Waals surface area contributed by atoms with Gasteiger partial charge in [0, 0.05) is 6.42 Å². The van der Waals surface area contributed by atoms with Gasteiger partial charge in [-0.2, -0.15) is 4.37 Å². The summed E-state index contributed by atoms with van der Waals surface area (Å²) in [6.45, 7) is 7.31. The van der Waals surface area contributed by atoms with Crippen LogP contribution in [0.15, 0.2) is 4.34 Å². The third-order valence-electron chi connectivity index (χ3n) is 2.51. The van der Waals surface area contributed by atoms with Gasteiger partial charge in [-0.3, -0.25) is 9.59 Å². The van der Waals surface area contributed by atoms with Crippen molar-refractivity contribution in [2.75, 3.05) is 5.75 Å². The topological polar surface area (TPSA) is 72.0 Å². The number of aryl methyl sites for hydroxylation is 1. The van der Waals surface area contributed by atoms with Gasteiger partial charge in [-0.25, -0.2) is 4.98 Å². The van der Waals surface area contributed by atoms with E-state index in [1.54, 1.807) is 0 Å². The first kappa shape index (κ1) is 16.1. The SMILES string of the molecule is CCc1nsc(SCC(=O)NC(C(C)=O)C(C)C)n1. The number of hydrogen-bond acceptors (Lipinski definition) is 6. The third kappa shape index (κ3) is 5.28. The molecule has 5 nitrogen and oxygen atoms in total. The van der Waals surface area contributed by atoms with Gasteiger partial charge in [0.2, 0.25) is 5.91 Å². The van der Waals surface area contributed by atoms with Gasteiger partial charge in [0.05, 0.1) is 11.8 Å². The number of Topliss-reactive ketones (excluding diaryl/α,β-unsaturated/α-hetero) is 1. The van der Waals surface area contributed by atoms with Crippen molar-refractivity contribution in [3.8, 4) is 0 Å². The van der Waals surface area contributed by atoms with Crippen LogP contribution in [0, 0.1) is 5.92 Å². The lowest BCUT2D eigenvalue weighted by Crippen LogP contribution is -2.44. The second-order valence-corrected chi connectivity index (χ2v) is 6.49. The predicted molar refractivity (Wildman–Crippen MR) is 77.5 cm³/mol. The van der Waals surface area contributed by atoms with E-state index in [0.717, 1.165) is 16.6 Å². The van der Waals surface area contributed by atoms with Gasteiger partial charge in [-0.1, -0.05) is 32.5 Å². The molecule has 1 aromatic heterocycles. The number of amides is 1. The first-order valence-corrected chi connectivity index (χ1v) is 7.95. The third-order valence-corrected chi connectivity index (χ3v) is 4.38. The van der Waals surface area contributed by atoms with Gasteiger partial charge in [0.1, 0.15) is 5.82 Å². The fourth-order valence-electron chi connectivity index (χ4n) is 1.52. The van der Waals surface area contributed by atoms with E-state index in [4.69, 9.17) is 0 Å². The highest BCUT2D eigenvalue weighted by atomic mass is 32.2. The second kappa shape index (κ2) is 7.59. The number of thioether (sulfide) groups is 1. The number of ketones is 1. The normalized spacial score (nSPS) is 12.5. The molecule has 7 heteroatoms. The lowest BCUT2D eigenvalue weighted by molar-refractivity contribution is -0.126. The molecule has 0 spiro atoms. The number of carbonyl (C=O) groups is 2. The lowest BCUT2D eigenvalue weighted by atomic mass is 10.0. The first-order valence-electron chi connectivity index (χ1n) is 6.19. The molecule has 0 aliphatic heterocycles. The molecule has 0 bridgehead atoms. The van der Waals surface area contributed by atoms with E-state index in [0.29, 0.717) is 0 Å². The molecular weight excluding hydrogens is 282 g/mol. The maximum atomic E-state index is 11.8. The predicted octanol–water partition coefficient (Wildman–Crippen LogP) is 1.92. The van der Waals surface area contributed by atoms with Crippen LogP contribution in [0.25, 0.3) is 0 Å². The Morgan fingerprint density at radius 1 is 1.42 bits per heavy atom. The standard InChI is InChI=1S/C12H19N3O2S2/c1-5-9-13-12(19-15-9)18-6-10(17)14-11(7(2)3)8(4)16/h7,11H,5-6H2,1-4H3,(H,14,17). The number of hydrogen-bond donors (Lipinski definition) is 1. The number of nitrogens with one attached hydrogen (secondary N) is 1. The second-order valence-electron chi connectivity index (χ2n) is 4.52. The summed E-state index contributed by atoms with van der Waals surface area (Å²) in [4.78, 5) is 27.5. The Hall–Kier alpha value is -0.950. The van der Waals surface area contributed by atoms with Crippen LogP contribution in [-0.4, -0.2) is 32.8 Å². The monoisotopic (exact) mass is 301 g/mol. The van der Waals surface area contributed by atoms with Crippen LogP contribution in [0.3, 0.4) is 0 Å². The van der Waals surface area contributed by atoms with Gasteiger partial charge in [-0.15, -0.1) is 0 Å². The van der Waals surface area contributed by atoms with Gasteiger partial charge in [0.25, 0.3) is 0 Å². The van der Waals surface area contributed by atoms with Gasteiger partial charge in [0.15, 0.2) is 10.1 Å². The molecular formula is C12H19N3O2S2. The van der Waals surface area contributed by atoms with E-state index in [1.165, 1.54) is 30.2 Å². The molecule has 19 heavy (non-hydrogen) atoms. The average Bonchev–Trinajstić information content (AvgIpc) is 2.80. The Bertz CT molecular complexity index is 446. The van der Waals surface area contributed by atoms with Crippen molar-refractivity contribution >= 4 is 35.0 Å². The molecule has 1 N–H and O–H groups in total. The molecule has 106 valence electrons. The van der Waals surface area contributed by atoms with Gasteiger partial charge < -0.3 is 5.32 Å². The molecule has 0 radical (unpaired) electrons. The van der Waals surface area contributed by atoms with Crippen molar-refractivity contribution in [3.63, 3.8) is 0 Å². The van der Waals surface area contributed by atoms with Crippen LogP contribution in [0.5, 0.6) is 0 Å². The highest BCUT2D eigenvalue weighted by molar-refractivity contribution is 8.01. The van der Waals surface area contributed by atoms with Crippen LogP contribution in [0.2, 0.25) is 0 Å². The lowest BCUT2D eigenvalue weighted by Gasteiger charge is -2.19. The van der Waals surface area contributed by atoms with Crippen LogP contribution < -0.4 is 5.32 Å². The zero-order valence-corrected chi connectivity index (χ0v) is 13.2. The molecule has 1 amide bonds. The molecule has 0 saturated heterocycles. The summed E-state index contributed by atoms with van der Waals surface area (Å²) in [5.41, 5.74) is 0. The van der Waals surface area contributed by atoms with Gasteiger partial charge in [-0.05, 0) is 24.4 Å². The number of rotatable bonds is 7. The van der Waals surface area contributed by atoms with Crippen molar-refractivity contribution in [1.29, 1.82) is 0 Å². The van der Waals surface area contributed by atoms with Crippen LogP contribution in [0.4, 0.5) is 0 Å². The molecule has 0 aliphatic rings. The average molecular weight is 301 g/mol. The molecule has 1 heterocycles. The summed E-state index contributed by atoms with van der Waals surface area (Å²) in [5, 5.41) is 2.75. The number of nitrogens with zero attached hydrogens (tertiary/aromatic N) is 2.